The Morgan fingerprint density at radius 1 is 1.20 bits per heavy atom. The van der Waals surface area contributed by atoms with Crippen molar-refractivity contribution < 1.29 is 13.9 Å². The third-order valence-corrected chi connectivity index (χ3v) is 3.82. The van der Waals surface area contributed by atoms with Crippen molar-refractivity contribution in [2.45, 2.75) is 12.8 Å². The first-order valence-corrected chi connectivity index (χ1v) is 8.03. The zero-order valence-corrected chi connectivity index (χ0v) is 14.3. The standard InChI is InChI=1S/C18H16ClN3O3/c1-24-17-8-6-12(10-20-17)22-16(23)7-9-18-21-11-15(25-18)13-4-2-3-5-14(13)19/h2-6,8,10-11H,7,9H2,1H3,(H,22,23). The van der Waals surface area contributed by atoms with Crippen molar-refractivity contribution in [1.82, 2.24) is 9.97 Å². The van der Waals surface area contributed by atoms with Crippen molar-refractivity contribution >= 4 is 23.2 Å². The van der Waals surface area contributed by atoms with E-state index in [1.165, 1.54) is 13.3 Å². The molecule has 0 saturated heterocycles. The number of amides is 1. The normalized spacial score (nSPS) is 10.5. The van der Waals surface area contributed by atoms with Gasteiger partial charge in [0.05, 0.1) is 30.2 Å². The zero-order valence-electron chi connectivity index (χ0n) is 13.5. The number of nitrogens with one attached hydrogen (secondary N) is 1. The van der Waals surface area contributed by atoms with Crippen molar-refractivity contribution in [1.29, 1.82) is 0 Å². The van der Waals surface area contributed by atoms with Gasteiger partial charge in [-0.1, -0.05) is 23.7 Å². The van der Waals surface area contributed by atoms with E-state index in [1.807, 2.05) is 18.2 Å². The van der Waals surface area contributed by atoms with Gasteiger partial charge in [-0.05, 0) is 18.2 Å². The van der Waals surface area contributed by atoms with Gasteiger partial charge in [-0.15, -0.1) is 0 Å². The summed E-state index contributed by atoms with van der Waals surface area (Å²) in [5, 5.41) is 3.36. The summed E-state index contributed by atoms with van der Waals surface area (Å²) in [5.41, 5.74) is 1.38. The molecule has 0 saturated carbocycles. The average Bonchev–Trinajstić information content (AvgIpc) is 3.10. The number of hydrogen-bond donors (Lipinski definition) is 1. The van der Waals surface area contributed by atoms with Crippen LogP contribution in [0.25, 0.3) is 11.3 Å². The average molecular weight is 358 g/mol. The molecular weight excluding hydrogens is 342 g/mol. The number of anilines is 1. The van der Waals surface area contributed by atoms with Crippen LogP contribution >= 0.6 is 11.6 Å². The van der Waals surface area contributed by atoms with E-state index in [-0.39, 0.29) is 12.3 Å². The van der Waals surface area contributed by atoms with Crippen LogP contribution in [0.1, 0.15) is 12.3 Å². The summed E-state index contributed by atoms with van der Waals surface area (Å²) in [4.78, 5) is 20.2. The van der Waals surface area contributed by atoms with E-state index in [0.29, 0.717) is 34.7 Å². The first kappa shape index (κ1) is 17.0. The van der Waals surface area contributed by atoms with Gasteiger partial charge < -0.3 is 14.5 Å². The number of carbonyl (C=O) groups is 1. The Balaban J connectivity index is 1.56. The van der Waals surface area contributed by atoms with E-state index >= 15 is 0 Å². The molecule has 1 amide bonds. The lowest BCUT2D eigenvalue weighted by Gasteiger charge is -2.04. The number of methoxy groups -OCH3 is 1. The Labute approximate surface area is 149 Å². The Hall–Kier alpha value is -2.86. The maximum Gasteiger partial charge on any atom is 0.224 e. The van der Waals surface area contributed by atoms with Gasteiger partial charge >= 0.3 is 0 Å². The zero-order chi connectivity index (χ0) is 17.6. The quantitative estimate of drug-likeness (QED) is 0.722. The predicted molar refractivity (Wildman–Crippen MR) is 94.7 cm³/mol. The molecule has 0 aliphatic rings. The second kappa shape index (κ2) is 7.81. The summed E-state index contributed by atoms with van der Waals surface area (Å²) >= 11 is 6.14. The molecule has 0 atom stereocenters. The van der Waals surface area contributed by atoms with Crippen LogP contribution in [-0.4, -0.2) is 23.0 Å². The Morgan fingerprint density at radius 3 is 2.76 bits per heavy atom. The number of carbonyl (C=O) groups excluding carboxylic acids is 1. The monoisotopic (exact) mass is 357 g/mol. The highest BCUT2D eigenvalue weighted by Gasteiger charge is 2.11. The summed E-state index contributed by atoms with van der Waals surface area (Å²) < 4.78 is 10.6. The van der Waals surface area contributed by atoms with E-state index < -0.39 is 0 Å². The van der Waals surface area contributed by atoms with E-state index in [2.05, 4.69) is 15.3 Å². The lowest BCUT2D eigenvalue weighted by Crippen LogP contribution is -2.12. The molecule has 3 rings (SSSR count). The summed E-state index contributed by atoms with van der Waals surface area (Å²) in [5.74, 6) is 1.41. The van der Waals surface area contributed by atoms with Crippen LogP contribution < -0.4 is 10.1 Å². The molecule has 0 bridgehead atoms. The second-order valence-corrected chi connectivity index (χ2v) is 5.64. The smallest absolute Gasteiger partial charge is 0.224 e. The molecule has 6 nitrogen and oxygen atoms in total. The second-order valence-electron chi connectivity index (χ2n) is 5.24. The fourth-order valence-corrected chi connectivity index (χ4v) is 2.46. The topological polar surface area (TPSA) is 77.2 Å². The van der Waals surface area contributed by atoms with Crippen LogP contribution in [0, 0.1) is 0 Å². The van der Waals surface area contributed by atoms with Gasteiger partial charge in [0.1, 0.15) is 0 Å². The van der Waals surface area contributed by atoms with Gasteiger partial charge in [0, 0.05) is 24.5 Å². The van der Waals surface area contributed by atoms with Crippen LogP contribution in [0.2, 0.25) is 5.02 Å². The van der Waals surface area contributed by atoms with E-state index in [0.717, 1.165) is 5.56 Å². The van der Waals surface area contributed by atoms with Crippen molar-refractivity contribution in [2.75, 3.05) is 12.4 Å². The maximum absolute atomic E-state index is 12.0. The molecule has 128 valence electrons. The predicted octanol–water partition coefficient (Wildman–Crippen LogP) is 3.97. The van der Waals surface area contributed by atoms with Gasteiger partial charge in [-0.2, -0.15) is 0 Å². The summed E-state index contributed by atoms with van der Waals surface area (Å²) in [7, 11) is 1.54. The van der Waals surface area contributed by atoms with Crippen molar-refractivity contribution in [3.05, 3.63) is 59.7 Å². The van der Waals surface area contributed by atoms with Crippen LogP contribution in [0.3, 0.4) is 0 Å². The van der Waals surface area contributed by atoms with Gasteiger partial charge in [0.25, 0.3) is 0 Å². The van der Waals surface area contributed by atoms with Crippen molar-refractivity contribution in [2.24, 2.45) is 0 Å². The Morgan fingerprint density at radius 2 is 2.04 bits per heavy atom. The van der Waals surface area contributed by atoms with Gasteiger partial charge in [0.2, 0.25) is 11.8 Å². The maximum atomic E-state index is 12.0. The molecule has 0 spiro atoms. The molecule has 25 heavy (non-hydrogen) atoms. The molecule has 7 heteroatoms. The number of nitrogens with zero attached hydrogens (tertiary/aromatic N) is 2. The fraction of sp³-hybridized carbons (Fsp3) is 0.167. The first-order valence-electron chi connectivity index (χ1n) is 7.65. The molecule has 1 N–H and O–H groups in total. The van der Waals surface area contributed by atoms with E-state index in [9.17, 15) is 4.79 Å². The highest BCUT2D eigenvalue weighted by atomic mass is 35.5. The van der Waals surface area contributed by atoms with Gasteiger partial charge in [-0.3, -0.25) is 4.79 Å². The summed E-state index contributed by atoms with van der Waals surface area (Å²) in [6.45, 7) is 0. The van der Waals surface area contributed by atoms with Crippen LogP contribution in [0.4, 0.5) is 5.69 Å². The molecular formula is C18H16ClN3O3. The molecule has 3 aromatic rings. The molecule has 0 unspecified atom stereocenters. The lowest BCUT2D eigenvalue weighted by molar-refractivity contribution is -0.116. The number of benzene rings is 1. The van der Waals surface area contributed by atoms with Crippen LogP contribution in [0.5, 0.6) is 5.88 Å². The molecule has 0 fully saturated rings. The molecule has 2 aromatic heterocycles. The number of aromatic nitrogens is 2. The minimum atomic E-state index is -0.149. The van der Waals surface area contributed by atoms with Crippen molar-refractivity contribution in [3.8, 4) is 17.2 Å². The summed E-state index contributed by atoms with van der Waals surface area (Å²) in [6, 6.07) is 10.8. The minimum Gasteiger partial charge on any atom is -0.481 e. The third-order valence-electron chi connectivity index (χ3n) is 3.49. The minimum absolute atomic E-state index is 0.149. The number of rotatable bonds is 6. The first-order chi connectivity index (χ1) is 12.2. The molecule has 0 aliphatic carbocycles. The number of hydrogen-bond acceptors (Lipinski definition) is 5. The van der Waals surface area contributed by atoms with Gasteiger partial charge in [-0.25, -0.2) is 9.97 Å². The molecule has 2 heterocycles. The fourth-order valence-electron chi connectivity index (χ4n) is 2.23. The lowest BCUT2D eigenvalue weighted by atomic mass is 10.2. The third kappa shape index (κ3) is 4.36. The van der Waals surface area contributed by atoms with Crippen LogP contribution in [0.15, 0.2) is 53.2 Å². The highest BCUT2D eigenvalue weighted by Crippen LogP contribution is 2.28. The van der Waals surface area contributed by atoms with E-state index in [4.69, 9.17) is 20.8 Å². The largest absolute Gasteiger partial charge is 0.481 e. The van der Waals surface area contributed by atoms with Gasteiger partial charge in [0.15, 0.2) is 11.7 Å². The number of pyridine rings is 1. The summed E-state index contributed by atoms with van der Waals surface area (Å²) in [6.07, 6.45) is 3.79. The number of halogens is 1. The molecule has 0 aliphatic heterocycles. The number of oxazole rings is 1. The van der Waals surface area contributed by atoms with Crippen molar-refractivity contribution in [3.63, 3.8) is 0 Å². The SMILES string of the molecule is COc1ccc(NC(=O)CCc2ncc(-c3ccccc3Cl)o2)cn1. The highest BCUT2D eigenvalue weighted by molar-refractivity contribution is 6.33. The molecule has 0 radical (unpaired) electrons. The Kier molecular flexibility index (Phi) is 5.30. The Bertz CT molecular complexity index is 862. The number of ether oxygens (including phenoxy) is 1. The van der Waals surface area contributed by atoms with E-state index in [1.54, 1.807) is 24.4 Å². The van der Waals surface area contributed by atoms with Crippen LogP contribution in [-0.2, 0) is 11.2 Å². The number of aryl methyl sites for hydroxylation is 1. The molecule has 1 aromatic carbocycles.